The van der Waals surface area contributed by atoms with E-state index in [0.29, 0.717) is 11.6 Å². The Hall–Kier alpha value is -1.22. The highest BCUT2D eigenvalue weighted by molar-refractivity contribution is 9.11. The first-order chi connectivity index (χ1) is 10.2. The van der Waals surface area contributed by atoms with Crippen LogP contribution in [0.2, 0.25) is 0 Å². The molecule has 0 fully saturated rings. The molecular formula is C13H10Br2N4OS. The Morgan fingerprint density at radius 1 is 1.24 bits per heavy atom. The number of hydrogen-bond acceptors (Lipinski definition) is 6. The van der Waals surface area contributed by atoms with E-state index >= 15 is 0 Å². The molecule has 108 valence electrons. The van der Waals surface area contributed by atoms with Crippen LogP contribution in [0.25, 0.3) is 10.2 Å². The summed E-state index contributed by atoms with van der Waals surface area (Å²) in [6, 6.07) is 7.65. The molecule has 0 saturated heterocycles. The van der Waals surface area contributed by atoms with Crippen molar-refractivity contribution in [2.24, 2.45) is 5.84 Å². The zero-order valence-electron chi connectivity index (χ0n) is 10.6. The highest BCUT2D eigenvalue weighted by atomic mass is 79.9. The lowest BCUT2D eigenvalue weighted by Crippen LogP contribution is -2.11. The van der Waals surface area contributed by atoms with Gasteiger partial charge >= 0.3 is 0 Å². The number of anilines is 1. The van der Waals surface area contributed by atoms with Crippen molar-refractivity contribution in [1.82, 2.24) is 9.97 Å². The van der Waals surface area contributed by atoms with Crippen molar-refractivity contribution in [3.8, 4) is 5.75 Å². The largest absolute Gasteiger partial charge is 0.484 e. The van der Waals surface area contributed by atoms with Crippen molar-refractivity contribution in [3.05, 3.63) is 44.4 Å². The number of fused-ring (bicyclic) bond motifs is 1. The summed E-state index contributed by atoms with van der Waals surface area (Å²) in [6.07, 6.45) is 0. The molecule has 0 aliphatic carbocycles. The second-order valence-corrected chi connectivity index (χ2v) is 6.80. The van der Waals surface area contributed by atoms with Crippen molar-refractivity contribution < 1.29 is 4.74 Å². The number of halogens is 2. The molecule has 0 saturated carbocycles. The standard InChI is InChI=1S/C13H10Br2N4OS/c14-7-1-2-10(9(15)5-7)20-6-11-17-12(19-16)8-3-4-21-13(8)18-11/h1-5H,6,16H2,(H,17,18,19). The Labute approximate surface area is 141 Å². The van der Waals surface area contributed by atoms with Crippen LogP contribution in [0.4, 0.5) is 5.82 Å². The van der Waals surface area contributed by atoms with Crippen LogP contribution in [-0.4, -0.2) is 9.97 Å². The zero-order chi connectivity index (χ0) is 14.8. The SMILES string of the molecule is NNc1nc(COc2ccc(Br)cc2Br)nc2sccc12. The summed E-state index contributed by atoms with van der Waals surface area (Å²) in [5.41, 5.74) is 2.60. The van der Waals surface area contributed by atoms with E-state index in [9.17, 15) is 0 Å². The average Bonchev–Trinajstić information content (AvgIpc) is 2.93. The van der Waals surface area contributed by atoms with Crippen LogP contribution in [-0.2, 0) is 6.61 Å². The summed E-state index contributed by atoms with van der Waals surface area (Å²) in [6.45, 7) is 0.267. The number of nitrogens with zero attached hydrogens (tertiary/aromatic N) is 2. The van der Waals surface area contributed by atoms with Gasteiger partial charge in [-0.15, -0.1) is 11.3 Å². The molecule has 21 heavy (non-hydrogen) atoms. The predicted octanol–water partition coefficient (Wildman–Crippen LogP) is 4.08. The molecule has 0 bridgehead atoms. The molecule has 0 atom stereocenters. The van der Waals surface area contributed by atoms with E-state index < -0.39 is 0 Å². The van der Waals surface area contributed by atoms with Crippen molar-refractivity contribution in [3.63, 3.8) is 0 Å². The summed E-state index contributed by atoms with van der Waals surface area (Å²) in [5, 5.41) is 2.87. The van der Waals surface area contributed by atoms with Crippen molar-refractivity contribution in [2.75, 3.05) is 5.43 Å². The van der Waals surface area contributed by atoms with E-state index in [0.717, 1.165) is 24.9 Å². The second-order valence-electron chi connectivity index (χ2n) is 4.14. The fourth-order valence-corrected chi connectivity index (χ4v) is 3.75. The van der Waals surface area contributed by atoms with Gasteiger partial charge in [-0.25, -0.2) is 15.8 Å². The van der Waals surface area contributed by atoms with Gasteiger partial charge in [0.05, 0.1) is 9.86 Å². The van der Waals surface area contributed by atoms with Crippen LogP contribution in [0.15, 0.2) is 38.6 Å². The van der Waals surface area contributed by atoms with Crippen LogP contribution in [0, 0.1) is 0 Å². The topological polar surface area (TPSA) is 73.1 Å². The number of aromatic nitrogens is 2. The van der Waals surface area contributed by atoms with Crippen LogP contribution in [0.3, 0.4) is 0 Å². The summed E-state index contributed by atoms with van der Waals surface area (Å²) in [7, 11) is 0. The van der Waals surface area contributed by atoms with Crippen LogP contribution < -0.4 is 16.0 Å². The first-order valence-electron chi connectivity index (χ1n) is 5.96. The Bertz CT molecular complexity index is 793. The fraction of sp³-hybridized carbons (Fsp3) is 0.0769. The van der Waals surface area contributed by atoms with Crippen molar-refractivity contribution >= 4 is 59.2 Å². The molecule has 3 rings (SSSR count). The van der Waals surface area contributed by atoms with Gasteiger partial charge in [0.15, 0.2) is 11.6 Å². The first kappa shape index (κ1) is 14.7. The Morgan fingerprint density at radius 3 is 2.86 bits per heavy atom. The van der Waals surface area contributed by atoms with E-state index in [1.807, 2.05) is 29.6 Å². The van der Waals surface area contributed by atoms with E-state index in [-0.39, 0.29) is 6.61 Å². The maximum absolute atomic E-state index is 5.75. The molecule has 0 radical (unpaired) electrons. The summed E-state index contributed by atoms with van der Waals surface area (Å²) in [5.74, 6) is 7.42. The minimum Gasteiger partial charge on any atom is -0.484 e. The van der Waals surface area contributed by atoms with Crippen LogP contribution in [0.5, 0.6) is 5.75 Å². The average molecular weight is 430 g/mol. The summed E-state index contributed by atoms with van der Waals surface area (Å²) < 4.78 is 7.59. The lowest BCUT2D eigenvalue weighted by molar-refractivity contribution is 0.294. The summed E-state index contributed by atoms with van der Waals surface area (Å²) in [4.78, 5) is 9.71. The molecule has 2 aromatic heterocycles. The number of ether oxygens (including phenoxy) is 1. The normalized spacial score (nSPS) is 10.8. The maximum Gasteiger partial charge on any atom is 0.169 e. The molecule has 0 aliphatic heterocycles. The van der Waals surface area contributed by atoms with Crippen LogP contribution >= 0.6 is 43.2 Å². The highest BCUT2D eigenvalue weighted by Gasteiger charge is 2.09. The minimum absolute atomic E-state index is 0.267. The summed E-state index contributed by atoms with van der Waals surface area (Å²) >= 11 is 8.40. The second kappa shape index (κ2) is 6.27. The predicted molar refractivity (Wildman–Crippen MR) is 91.4 cm³/mol. The quantitative estimate of drug-likeness (QED) is 0.482. The lowest BCUT2D eigenvalue weighted by atomic mass is 10.3. The molecule has 3 aromatic rings. The van der Waals surface area contributed by atoms with Gasteiger partial charge in [-0.1, -0.05) is 15.9 Å². The van der Waals surface area contributed by atoms with Gasteiger partial charge in [0.1, 0.15) is 17.2 Å². The minimum atomic E-state index is 0.267. The Morgan fingerprint density at radius 2 is 2.10 bits per heavy atom. The van der Waals surface area contributed by atoms with Gasteiger partial charge in [-0.2, -0.15) is 0 Å². The number of nitrogen functional groups attached to an aromatic ring is 1. The molecular weight excluding hydrogens is 420 g/mol. The smallest absolute Gasteiger partial charge is 0.169 e. The van der Waals surface area contributed by atoms with E-state index in [1.54, 1.807) is 11.3 Å². The number of benzene rings is 1. The molecule has 0 amide bonds. The van der Waals surface area contributed by atoms with Gasteiger partial charge in [0, 0.05) is 4.47 Å². The van der Waals surface area contributed by atoms with Gasteiger partial charge in [0.25, 0.3) is 0 Å². The third-order valence-electron chi connectivity index (χ3n) is 2.76. The van der Waals surface area contributed by atoms with Crippen LogP contribution in [0.1, 0.15) is 5.82 Å². The van der Waals surface area contributed by atoms with E-state index in [4.69, 9.17) is 10.6 Å². The lowest BCUT2D eigenvalue weighted by Gasteiger charge is -2.09. The van der Waals surface area contributed by atoms with Crippen molar-refractivity contribution in [2.45, 2.75) is 6.61 Å². The molecule has 1 aromatic carbocycles. The molecule has 2 heterocycles. The van der Waals surface area contributed by atoms with E-state index in [1.165, 1.54) is 0 Å². The Balaban J connectivity index is 1.84. The van der Waals surface area contributed by atoms with Crippen molar-refractivity contribution in [1.29, 1.82) is 0 Å². The van der Waals surface area contributed by atoms with E-state index in [2.05, 4.69) is 47.3 Å². The molecule has 8 heteroatoms. The third kappa shape index (κ3) is 3.18. The first-order valence-corrected chi connectivity index (χ1v) is 8.42. The van der Waals surface area contributed by atoms with Gasteiger partial charge in [-0.3, -0.25) is 0 Å². The van der Waals surface area contributed by atoms with Gasteiger partial charge in [-0.05, 0) is 45.6 Å². The zero-order valence-corrected chi connectivity index (χ0v) is 14.6. The number of rotatable bonds is 4. The molecule has 0 spiro atoms. The molecule has 3 N–H and O–H groups in total. The third-order valence-corrected chi connectivity index (χ3v) is 4.68. The molecule has 0 aliphatic rings. The Kier molecular flexibility index (Phi) is 4.39. The molecule has 0 unspecified atom stereocenters. The fourth-order valence-electron chi connectivity index (χ4n) is 1.81. The number of thiophene rings is 1. The number of hydrogen-bond donors (Lipinski definition) is 2. The maximum atomic E-state index is 5.75. The molecule has 5 nitrogen and oxygen atoms in total. The highest BCUT2D eigenvalue weighted by Crippen LogP contribution is 2.29. The number of nitrogens with one attached hydrogen (secondary N) is 1. The monoisotopic (exact) mass is 428 g/mol. The van der Waals surface area contributed by atoms with Gasteiger partial charge in [0.2, 0.25) is 0 Å². The van der Waals surface area contributed by atoms with Gasteiger partial charge < -0.3 is 10.2 Å². The number of nitrogens with two attached hydrogens (primary N) is 1. The number of hydrazine groups is 1.